The van der Waals surface area contributed by atoms with Crippen molar-refractivity contribution in [2.24, 2.45) is 0 Å². The molecule has 0 saturated heterocycles. The molecule has 0 spiro atoms. The average Bonchev–Trinajstić information content (AvgIpc) is 3.52. The Morgan fingerprint density at radius 1 is 1.16 bits per heavy atom. The maximum Gasteiger partial charge on any atom is 0.267 e. The van der Waals surface area contributed by atoms with E-state index >= 15 is 0 Å². The van der Waals surface area contributed by atoms with Crippen molar-refractivity contribution in [2.75, 3.05) is 11.1 Å². The standard InChI is InChI=1S/C22H19N5O3S/c1-14(27-20(28)9-8-17(25-27)19-3-2-11-30-19)21(29)23-16-6-4-15(5-7-16)18-13-26-10-12-31-22(26)24-18/h2-9,11,13-14H,10,12H2,1H3,(H,23,29). The number of hydrogen-bond donors (Lipinski definition) is 1. The van der Waals surface area contributed by atoms with E-state index in [1.54, 1.807) is 36.9 Å². The van der Waals surface area contributed by atoms with Crippen molar-refractivity contribution in [1.29, 1.82) is 0 Å². The summed E-state index contributed by atoms with van der Waals surface area (Å²) < 4.78 is 8.64. The Kier molecular flexibility index (Phi) is 4.95. The van der Waals surface area contributed by atoms with E-state index in [9.17, 15) is 9.59 Å². The molecule has 0 radical (unpaired) electrons. The molecule has 0 aliphatic carbocycles. The summed E-state index contributed by atoms with van der Waals surface area (Å²) in [6.07, 6.45) is 3.58. The second kappa shape index (κ2) is 7.92. The van der Waals surface area contributed by atoms with E-state index in [4.69, 9.17) is 4.42 Å². The number of nitrogens with zero attached hydrogens (tertiary/aromatic N) is 4. The van der Waals surface area contributed by atoms with Crippen LogP contribution in [0.2, 0.25) is 0 Å². The van der Waals surface area contributed by atoms with Crippen LogP contribution in [0.5, 0.6) is 0 Å². The Hall–Kier alpha value is -3.59. The molecule has 1 aliphatic rings. The highest BCUT2D eigenvalue weighted by Crippen LogP contribution is 2.29. The second-order valence-electron chi connectivity index (χ2n) is 7.17. The van der Waals surface area contributed by atoms with Gasteiger partial charge in [0.15, 0.2) is 10.9 Å². The summed E-state index contributed by atoms with van der Waals surface area (Å²) in [4.78, 5) is 29.7. The van der Waals surface area contributed by atoms with Crippen LogP contribution >= 0.6 is 11.8 Å². The molecule has 0 fully saturated rings. The van der Waals surface area contributed by atoms with Crippen molar-refractivity contribution in [3.05, 3.63) is 71.3 Å². The third kappa shape index (κ3) is 3.79. The molecular weight excluding hydrogens is 414 g/mol. The molecule has 156 valence electrons. The van der Waals surface area contributed by atoms with Crippen molar-refractivity contribution in [3.8, 4) is 22.7 Å². The molecule has 1 atom stereocenters. The maximum absolute atomic E-state index is 12.8. The predicted octanol–water partition coefficient (Wildman–Crippen LogP) is 3.67. The number of fused-ring (bicyclic) bond motifs is 1. The van der Waals surface area contributed by atoms with E-state index in [1.807, 2.05) is 24.3 Å². The molecule has 1 unspecified atom stereocenters. The Morgan fingerprint density at radius 3 is 2.74 bits per heavy atom. The Balaban J connectivity index is 1.32. The van der Waals surface area contributed by atoms with Gasteiger partial charge in [-0.15, -0.1) is 0 Å². The van der Waals surface area contributed by atoms with Gasteiger partial charge in [0.1, 0.15) is 11.7 Å². The number of aryl methyl sites for hydroxylation is 1. The fraction of sp³-hybridized carbons (Fsp3) is 0.182. The van der Waals surface area contributed by atoms with Gasteiger partial charge >= 0.3 is 0 Å². The monoisotopic (exact) mass is 433 g/mol. The van der Waals surface area contributed by atoms with Crippen molar-refractivity contribution < 1.29 is 9.21 Å². The molecule has 0 bridgehead atoms. The van der Waals surface area contributed by atoms with Gasteiger partial charge in [-0.3, -0.25) is 9.59 Å². The fourth-order valence-corrected chi connectivity index (χ4v) is 4.33. The van der Waals surface area contributed by atoms with Crippen LogP contribution in [0.1, 0.15) is 13.0 Å². The summed E-state index contributed by atoms with van der Waals surface area (Å²) in [5.74, 6) is 1.26. The van der Waals surface area contributed by atoms with Crippen LogP contribution in [0.3, 0.4) is 0 Å². The quantitative estimate of drug-likeness (QED) is 0.516. The minimum Gasteiger partial charge on any atom is -0.463 e. The number of carbonyl (C=O) groups is 1. The number of aromatic nitrogens is 4. The summed E-state index contributed by atoms with van der Waals surface area (Å²) in [7, 11) is 0. The second-order valence-corrected chi connectivity index (χ2v) is 8.23. The number of nitrogens with one attached hydrogen (secondary N) is 1. The molecular formula is C22H19N5O3S. The van der Waals surface area contributed by atoms with E-state index in [1.165, 1.54) is 12.3 Å². The first-order valence-electron chi connectivity index (χ1n) is 9.83. The lowest BCUT2D eigenvalue weighted by Crippen LogP contribution is -2.33. The normalized spacial score (nSPS) is 13.7. The van der Waals surface area contributed by atoms with Gasteiger partial charge in [-0.1, -0.05) is 23.9 Å². The predicted molar refractivity (Wildman–Crippen MR) is 118 cm³/mol. The zero-order valence-electron chi connectivity index (χ0n) is 16.7. The topological polar surface area (TPSA) is 95.0 Å². The van der Waals surface area contributed by atoms with Gasteiger partial charge in [0.05, 0.1) is 12.0 Å². The summed E-state index contributed by atoms with van der Waals surface area (Å²) in [6.45, 7) is 2.61. The summed E-state index contributed by atoms with van der Waals surface area (Å²) in [5, 5.41) is 8.18. The minimum absolute atomic E-state index is 0.337. The molecule has 5 rings (SSSR count). The highest BCUT2D eigenvalue weighted by Gasteiger charge is 2.19. The van der Waals surface area contributed by atoms with Crippen LogP contribution in [-0.2, 0) is 11.3 Å². The average molecular weight is 433 g/mol. The Morgan fingerprint density at radius 2 is 2.00 bits per heavy atom. The number of imidazole rings is 1. The number of amides is 1. The first-order valence-corrected chi connectivity index (χ1v) is 10.8. The molecule has 0 saturated carbocycles. The zero-order chi connectivity index (χ0) is 21.4. The van der Waals surface area contributed by atoms with Gasteiger partial charge in [-0.2, -0.15) is 5.10 Å². The molecule has 1 aromatic carbocycles. The Bertz CT molecular complexity index is 1270. The highest BCUT2D eigenvalue weighted by molar-refractivity contribution is 7.99. The summed E-state index contributed by atoms with van der Waals surface area (Å²) >= 11 is 1.75. The van der Waals surface area contributed by atoms with E-state index < -0.39 is 6.04 Å². The van der Waals surface area contributed by atoms with E-state index in [2.05, 4.69) is 26.2 Å². The lowest BCUT2D eigenvalue weighted by molar-refractivity contribution is -0.119. The number of thioether (sulfide) groups is 1. The molecule has 4 aromatic rings. The Labute approximate surface area is 181 Å². The van der Waals surface area contributed by atoms with Crippen molar-refractivity contribution in [2.45, 2.75) is 24.7 Å². The van der Waals surface area contributed by atoms with Crippen molar-refractivity contribution in [1.82, 2.24) is 19.3 Å². The van der Waals surface area contributed by atoms with Crippen molar-refractivity contribution in [3.63, 3.8) is 0 Å². The summed E-state index contributed by atoms with van der Waals surface area (Å²) in [6, 6.07) is 13.1. The number of carbonyl (C=O) groups excluding carboxylic acids is 1. The SMILES string of the molecule is CC(C(=O)Nc1ccc(-c2cn3c(n2)SCC3)cc1)n1nc(-c2ccco2)ccc1=O. The molecule has 1 amide bonds. The molecule has 3 aromatic heterocycles. The van der Waals surface area contributed by atoms with Gasteiger partial charge < -0.3 is 14.3 Å². The maximum atomic E-state index is 12.8. The molecule has 1 aliphatic heterocycles. The number of anilines is 1. The smallest absolute Gasteiger partial charge is 0.267 e. The molecule has 8 nitrogen and oxygen atoms in total. The van der Waals surface area contributed by atoms with Gasteiger partial charge in [0.25, 0.3) is 5.56 Å². The fourth-order valence-electron chi connectivity index (χ4n) is 3.39. The van der Waals surface area contributed by atoms with Gasteiger partial charge in [-0.25, -0.2) is 9.67 Å². The third-order valence-corrected chi connectivity index (χ3v) is 6.07. The number of rotatable bonds is 5. The lowest BCUT2D eigenvalue weighted by atomic mass is 10.1. The van der Waals surface area contributed by atoms with Crippen LogP contribution in [0.4, 0.5) is 5.69 Å². The first-order chi connectivity index (χ1) is 15.1. The van der Waals surface area contributed by atoms with Crippen LogP contribution in [0, 0.1) is 0 Å². The van der Waals surface area contributed by atoms with Crippen LogP contribution < -0.4 is 10.9 Å². The van der Waals surface area contributed by atoms with E-state index in [0.717, 1.165) is 33.4 Å². The number of furan rings is 1. The van der Waals surface area contributed by atoms with Gasteiger partial charge in [0.2, 0.25) is 5.91 Å². The van der Waals surface area contributed by atoms with Crippen LogP contribution in [-0.4, -0.2) is 31.0 Å². The summed E-state index contributed by atoms with van der Waals surface area (Å²) in [5.41, 5.74) is 2.66. The molecule has 31 heavy (non-hydrogen) atoms. The van der Waals surface area contributed by atoms with E-state index in [0.29, 0.717) is 17.1 Å². The van der Waals surface area contributed by atoms with Crippen molar-refractivity contribution >= 4 is 23.4 Å². The number of benzene rings is 1. The first kappa shape index (κ1) is 19.4. The molecule has 1 N–H and O–H groups in total. The van der Waals surface area contributed by atoms with E-state index in [-0.39, 0.29) is 11.5 Å². The molecule has 4 heterocycles. The molecule has 9 heteroatoms. The van der Waals surface area contributed by atoms with Crippen LogP contribution in [0.25, 0.3) is 22.7 Å². The van der Waals surface area contributed by atoms with Gasteiger partial charge in [0, 0.05) is 35.8 Å². The lowest BCUT2D eigenvalue weighted by Gasteiger charge is -2.14. The largest absolute Gasteiger partial charge is 0.463 e. The van der Waals surface area contributed by atoms with Crippen LogP contribution in [0.15, 0.2) is 75.4 Å². The van der Waals surface area contributed by atoms with Gasteiger partial charge in [-0.05, 0) is 37.3 Å². The third-order valence-electron chi connectivity index (χ3n) is 5.10. The zero-order valence-corrected chi connectivity index (χ0v) is 17.5. The minimum atomic E-state index is -0.796. The number of hydrogen-bond acceptors (Lipinski definition) is 6. The highest BCUT2D eigenvalue weighted by atomic mass is 32.2.